The SMILES string of the molecule is Cc1c(N)nc(C(C)(C)C)nc1Oc1cc(F)ccc1F. The lowest BCUT2D eigenvalue weighted by atomic mass is 9.95. The smallest absolute Gasteiger partial charge is 0.227 e. The van der Waals surface area contributed by atoms with Gasteiger partial charge in [0.1, 0.15) is 17.5 Å². The molecule has 2 N–H and O–H groups in total. The standard InChI is InChI=1S/C15H17F2N3O/c1-8-12(18)19-14(15(2,3)4)20-13(8)21-11-7-9(16)5-6-10(11)17/h5-7H,1-4H3,(H2,18,19,20). The lowest BCUT2D eigenvalue weighted by molar-refractivity contribution is 0.410. The summed E-state index contributed by atoms with van der Waals surface area (Å²) in [4.78, 5) is 8.47. The van der Waals surface area contributed by atoms with Crippen LogP contribution in [0.3, 0.4) is 0 Å². The van der Waals surface area contributed by atoms with Crippen molar-refractivity contribution in [2.75, 3.05) is 5.73 Å². The van der Waals surface area contributed by atoms with E-state index in [-0.39, 0.29) is 22.9 Å². The molecule has 0 aliphatic carbocycles. The maximum Gasteiger partial charge on any atom is 0.227 e. The summed E-state index contributed by atoms with van der Waals surface area (Å²) in [6.07, 6.45) is 0. The number of nitrogens with two attached hydrogens (primary N) is 1. The second-order valence-corrected chi connectivity index (χ2v) is 5.79. The van der Waals surface area contributed by atoms with E-state index in [1.54, 1.807) is 6.92 Å². The van der Waals surface area contributed by atoms with Crippen LogP contribution in [0.5, 0.6) is 11.6 Å². The number of anilines is 1. The third-order valence-electron chi connectivity index (χ3n) is 2.91. The molecule has 0 atom stereocenters. The Balaban J connectivity index is 2.49. The highest BCUT2D eigenvalue weighted by atomic mass is 19.1. The van der Waals surface area contributed by atoms with Crippen LogP contribution in [0.15, 0.2) is 18.2 Å². The minimum Gasteiger partial charge on any atom is -0.435 e. The topological polar surface area (TPSA) is 61.0 Å². The van der Waals surface area contributed by atoms with Crippen molar-refractivity contribution in [2.24, 2.45) is 0 Å². The molecule has 0 spiro atoms. The molecule has 21 heavy (non-hydrogen) atoms. The summed E-state index contributed by atoms with van der Waals surface area (Å²) < 4.78 is 32.2. The summed E-state index contributed by atoms with van der Waals surface area (Å²) in [6, 6.07) is 2.98. The zero-order valence-corrected chi connectivity index (χ0v) is 12.4. The first kappa shape index (κ1) is 15.2. The normalized spacial score (nSPS) is 11.5. The molecule has 6 heteroatoms. The molecule has 4 nitrogen and oxygen atoms in total. The Morgan fingerprint density at radius 1 is 1.14 bits per heavy atom. The molecule has 0 fully saturated rings. The fraction of sp³-hybridized carbons (Fsp3) is 0.333. The first-order valence-electron chi connectivity index (χ1n) is 6.46. The van der Waals surface area contributed by atoms with Crippen LogP contribution in [0.2, 0.25) is 0 Å². The fourth-order valence-corrected chi connectivity index (χ4v) is 1.61. The van der Waals surface area contributed by atoms with Gasteiger partial charge < -0.3 is 10.5 Å². The Hall–Kier alpha value is -2.24. The number of nitrogens with zero attached hydrogens (tertiary/aromatic N) is 2. The number of hydrogen-bond acceptors (Lipinski definition) is 4. The van der Waals surface area contributed by atoms with E-state index in [1.807, 2.05) is 20.8 Å². The number of ether oxygens (including phenoxy) is 1. The highest BCUT2D eigenvalue weighted by Crippen LogP contribution is 2.30. The lowest BCUT2D eigenvalue weighted by Gasteiger charge is -2.19. The van der Waals surface area contributed by atoms with Crippen molar-refractivity contribution in [3.8, 4) is 11.6 Å². The molecule has 2 rings (SSSR count). The number of aromatic nitrogens is 2. The molecule has 1 heterocycles. The molecule has 0 saturated heterocycles. The molecule has 0 unspecified atom stereocenters. The predicted molar refractivity (Wildman–Crippen MR) is 76.3 cm³/mol. The molecule has 0 bridgehead atoms. The average molecular weight is 293 g/mol. The van der Waals surface area contributed by atoms with Crippen molar-refractivity contribution in [3.05, 3.63) is 41.2 Å². The van der Waals surface area contributed by atoms with Crippen molar-refractivity contribution < 1.29 is 13.5 Å². The van der Waals surface area contributed by atoms with Gasteiger partial charge in [0.05, 0.1) is 5.56 Å². The van der Waals surface area contributed by atoms with Crippen LogP contribution in [0, 0.1) is 18.6 Å². The highest BCUT2D eigenvalue weighted by molar-refractivity contribution is 5.46. The maximum atomic E-state index is 13.7. The van der Waals surface area contributed by atoms with Gasteiger partial charge in [0.15, 0.2) is 11.6 Å². The number of rotatable bonds is 2. The van der Waals surface area contributed by atoms with Gasteiger partial charge in [-0.15, -0.1) is 0 Å². The number of hydrogen-bond donors (Lipinski definition) is 1. The Morgan fingerprint density at radius 2 is 1.81 bits per heavy atom. The van der Waals surface area contributed by atoms with E-state index in [0.29, 0.717) is 11.4 Å². The van der Waals surface area contributed by atoms with E-state index < -0.39 is 11.6 Å². The fourth-order valence-electron chi connectivity index (χ4n) is 1.61. The summed E-state index contributed by atoms with van der Waals surface area (Å²) in [7, 11) is 0. The van der Waals surface area contributed by atoms with Crippen molar-refractivity contribution in [1.82, 2.24) is 9.97 Å². The van der Waals surface area contributed by atoms with Crippen molar-refractivity contribution in [2.45, 2.75) is 33.1 Å². The monoisotopic (exact) mass is 293 g/mol. The van der Waals surface area contributed by atoms with Gasteiger partial charge in [0.2, 0.25) is 5.88 Å². The van der Waals surface area contributed by atoms with Crippen LogP contribution >= 0.6 is 0 Å². The van der Waals surface area contributed by atoms with Gasteiger partial charge in [0.25, 0.3) is 0 Å². The molecule has 0 saturated carbocycles. The number of nitrogen functional groups attached to an aromatic ring is 1. The van der Waals surface area contributed by atoms with Crippen LogP contribution in [0.1, 0.15) is 32.2 Å². The Labute approximate surface area is 122 Å². The second-order valence-electron chi connectivity index (χ2n) is 5.79. The molecule has 1 aromatic heterocycles. The molecule has 1 aromatic carbocycles. The minimum atomic E-state index is -0.676. The van der Waals surface area contributed by atoms with E-state index in [9.17, 15) is 8.78 Å². The van der Waals surface area contributed by atoms with Gasteiger partial charge >= 0.3 is 0 Å². The van der Waals surface area contributed by atoms with Crippen LogP contribution in [0.4, 0.5) is 14.6 Å². The first-order valence-corrected chi connectivity index (χ1v) is 6.46. The zero-order chi connectivity index (χ0) is 15.8. The van der Waals surface area contributed by atoms with Crippen LogP contribution in [-0.2, 0) is 5.41 Å². The van der Waals surface area contributed by atoms with Crippen LogP contribution in [-0.4, -0.2) is 9.97 Å². The predicted octanol–water partition coefficient (Wildman–Crippen LogP) is 3.74. The Morgan fingerprint density at radius 3 is 2.43 bits per heavy atom. The summed E-state index contributed by atoms with van der Waals surface area (Å²) in [5.41, 5.74) is 5.97. The van der Waals surface area contributed by atoms with E-state index in [0.717, 1.165) is 18.2 Å². The molecule has 0 aliphatic heterocycles. The van der Waals surface area contributed by atoms with Gasteiger partial charge in [-0.3, -0.25) is 0 Å². The van der Waals surface area contributed by atoms with Crippen molar-refractivity contribution in [3.63, 3.8) is 0 Å². The molecule has 112 valence electrons. The summed E-state index contributed by atoms with van der Waals surface area (Å²) >= 11 is 0. The van der Waals surface area contributed by atoms with Gasteiger partial charge in [0, 0.05) is 11.5 Å². The molecular formula is C15H17F2N3O. The number of halogens is 2. The lowest BCUT2D eigenvalue weighted by Crippen LogP contribution is -2.18. The number of benzene rings is 1. The second kappa shape index (κ2) is 5.27. The van der Waals surface area contributed by atoms with E-state index in [1.165, 1.54) is 0 Å². The van der Waals surface area contributed by atoms with Crippen molar-refractivity contribution in [1.29, 1.82) is 0 Å². The molecule has 0 amide bonds. The third kappa shape index (κ3) is 3.26. The largest absolute Gasteiger partial charge is 0.435 e. The Bertz CT molecular complexity index is 681. The van der Waals surface area contributed by atoms with Crippen LogP contribution < -0.4 is 10.5 Å². The van der Waals surface area contributed by atoms with Crippen LogP contribution in [0.25, 0.3) is 0 Å². The van der Waals surface area contributed by atoms with E-state index in [2.05, 4.69) is 9.97 Å². The van der Waals surface area contributed by atoms with E-state index >= 15 is 0 Å². The Kier molecular flexibility index (Phi) is 3.80. The van der Waals surface area contributed by atoms with E-state index in [4.69, 9.17) is 10.5 Å². The molecule has 0 radical (unpaired) electrons. The first-order chi connectivity index (χ1) is 9.68. The van der Waals surface area contributed by atoms with Gasteiger partial charge in [-0.25, -0.2) is 13.8 Å². The summed E-state index contributed by atoms with van der Waals surface area (Å²) in [5.74, 6) is -0.667. The van der Waals surface area contributed by atoms with Gasteiger partial charge in [-0.2, -0.15) is 4.98 Å². The maximum absolute atomic E-state index is 13.7. The van der Waals surface area contributed by atoms with Gasteiger partial charge in [-0.1, -0.05) is 20.8 Å². The quantitative estimate of drug-likeness (QED) is 0.916. The minimum absolute atomic E-state index is 0.122. The molecule has 0 aliphatic rings. The zero-order valence-electron chi connectivity index (χ0n) is 12.4. The molecule has 2 aromatic rings. The summed E-state index contributed by atoms with van der Waals surface area (Å²) in [6.45, 7) is 7.42. The third-order valence-corrected chi connectivity index (χ3v) is 2.91. The highest BCUT2D eigenvalue weighted by Gasteiger charge is 2.21. The summed E-state index contributed by atoms with van der Waals surface area (Å²) in [5, 5.41) is 0. The molecular weight excluding hydrogens is 276 g/mol. The van der Waals surface area contributed by atoms with Crippen molar-refractivity contribution >= 4 is 5.82 Å². The average Bonchev–Trinajstić information content (AvgIpc) is 2.37. The van der Waals surface area contributed by atoms with Gasteiger partial charge in [-0.05, 0) is 19.1 Å².